The Morgan fingerprint density at radius 1 is 1.56 bits per heavy atom. The van der Waals surface area contributed by atoms with Crippen molar-refractivity contribution in [3.63, 3.8) is 0 Å². The molecular weight excluding hydrogens is 182 g/mol. The summed E-state index contributed by atoms with van der Waals surface area (Å²) >= 11 is 0. The molecule has 2 nitrogen and oxygen atoms in total. The van der Waals surface area contributed by atoms with Crippen LogP contribution in [0.1, 0.15) is 20.3 Å². The fourth-order valence-corrected chi connectivity index (χ4v) is 0.524. The number of hydrogen-bond donors (Lipinski definition) is 1. The Labute approximate surface area is 68.7 Å². The van der Waals surface area contributed by atoms with Crippen molar-refractivity contribution < 1.29 is 9.46 Å². The fraction of sp³-hybridized carbons (Fsp3) is 1.00. The van der Waals surface area contributed by atoms with Gasteiger partial charge in [0.05, 0.1) is 0 Å². The van der Waals surface area contributed by atoms with E-state index < -0.39 is 8.03 Å². The maximum Gasteiger partial charge on any atom is 0.191 e. The van der Waals surface area contributed by atoms with Crippen molar-refractivity contribution in [2.24, 2.45) is 0 Å². The van der Waals surface area contributed by atoms with Gasteiger partial charge in [0.25, 0.3) is 0 Å². The molecule has 0 aliphatic heterocycles. The van der Waals surface area contributed by atoms with E-state index in [4.69, 9.17) is 4.89 Å². The molecule has 0 saturated carbocycles. The third-order valence-electron chi connectivity index (χ3n) is 1.03. The molecule has 0 aliphatic carbocycles. The summed E-state index contributed by atoms with van der Waals surface area (Å²) in [5, 5.41) is 0. The van der Waals surface area contributed by atoms with Crippen LogP contribution < -0.4 is 0 Å². The number of halogens is 2. The van der Waals surface area contributed by atoms with E-state index >= 15 is 0 Å². The van der Waals surface area contributed by atoms with E-state index in [0.717, 1.165) is 6.42 Å². The highest BCUT2D eigenvalue weighted by atomic mass is 35.5. The molecule has 0 heterocycles. The first-order valence-electron chi connectivity index (χ1n) is 2.41. The lowest BCUT2D eigenvalue weighted by Crippen LogP contribution is -1.89. The van der Waals surface area contributed by atoms with E-state index in [-0.39, 0.29) is 30.5 Å². The Morgan fingerprint density at radius 2 is 1.89 bits per heavy atom. The van der Waals surface area contributed by atoms with E-state index in [1.54, 1.807) is 6.92 Å². The summed E-state index contributed by atoms with van der Waals surface area (Å²) < 4.78 is 10.1. The van der Waals surface area contributed by atoms with Crippen LogP contribution in [0, 0.1) is 0 Å². The van der Waals surface area contributed by atoms with Crippen molar-refractivity contribution >= 4 is 32.8 Å². The first-order valence-corrected chi connectivity index (χ1v) is 3.84. The molecule has 2 atom stereocenters. The third kappa shape index (κ3) is 8.77. The number of hydrogen-bond acceptors (Lipinski definition) is 1. The van der Waals surface area contributed by atoms with E-state index in [1.807, 2.05) is 6.92 Å². The van der Waals surface area contributed by atoms with Crippen molar-refractivity contribution in [3.05, 3.63) is 0 Å². The van der Waals surface area contributed by atoms with Gasteiger partial charge in [-0.05, 0) is 6.42 Å². The summed E-state index contributed by atoms with van der Waals surface area (Å²) in [6.07, 6.45) is 0.800. The lowest BCUT2D eigenvalue weighted by atomic mass is 10.4. The number of rotatable bonds is 2. The molecule has 0 radical (unpaired) electrons. The minimum absolute atomic E-state index is 0. The molecule has 0 saturated heterocycles. The molecule has 0 fully saturated rings. The summed E-state index contributed by atoms with van der Waals surface area (Å²) in [5.74, 6) is 0. The second-order valence-corrected chi connectivity index (χ2v) is 3.31. The van der Waals surface area contributed by atoms with Gasteiger partial charge in [0.1, 0.15) is 0 Å². The molecule has 1 N–H and O–H groups in total. The molecule has 0 aliphatic rings. The smallest absolute Gasteiger partial charge is 0.191 e. The maximum atomic E-state index is 10.1. The topological polar surface area (TPSA) is 37.3 Å². The minimum Gasteiger partial charge on any atom is -0.346 e. The van der Waals surface area contributed by atoms with Crippen LogP contribution in [0.15, 0.2) is 0 Å². The highest BCUT2D eigenvalue weighted by Crippen LogP contribution is 2.23. The quantitative estimate of drug-likeness (QED) is 0.685. The van der Waals surface area contributed by atoms with E-state index in [9.17, 15) is 4.57 Å². The highest BCUT2D eigenvalue weighted by molar-refractivity contribution is 7.38. The highest BCUT2D eigenvalue weighted by Gasteiger charge is 2.01. The van der Waals surface area contributed by atoms with Gasteiger partial charge in [-0.3, -0.25) is 4.57 Å². The molecule has 0 rings (SSSR count). The van der Waals surface area contributed by atoms with Gasteiger partial charge in [-0.1, -0.05) is 13.8 Å². The molecule has 5 heteroatoms. The predicted octanol–water partition coefficient (Wildman–Crippen LogP) is 2.10. The Hall–Kier alpha value is 0.770. The molecule has 9 heavy (non-hydrogen) atoms. The third-order valence-corrected chi connectivity index (χ3v) is 2.29. The molecular formula is C4H13Cl2O2P. The van der Waals surface area contributed by atoms with Gasteiger partial charge in [0, 0.05) is 5.66 Å². The van der Waals surface area contributed by atoms with Gasteiger partial charge < -0.3 is 4.89 Å². The van der Waals surface area contributed by atoms with Gasteiger partial charge in [-0.2, -0.15) is 0 Å². The van der Waals surface area contributed by atoms with Crippen LogP contribution in [0.5, 0.6) is 0 Å². The van der Waals surface area contributed by atoms with Gasteiger partial charge in [0.15, 0.2) is 8.03 Å². The van der Waals surface area contributed by atoms with Gasteiger partial charge in [-0.15, -0.1) is 24.8 Å². The Morgan fingerprint density at radius 3 is 1.89 bits per heavy atom. The molecule has 0 aromatic heterocycles. The summed E-state index contributed by atoms with van der Waals surface area (Å²) in [4.78, 5) is 8.37. The van der Waals surface area contributed by atoms with Crippen molar-refractivity contribution in [2.45, 2.75) is 25.9 Å². The zero-order valence-electron chi connectivity index (χ0n) is 5.46. The van der Waals surface area contributed by atoms with Gasteiger partial charge in [-0.25, -0.2) is 0 Å². The first kappa shape index (κ1) is 16.4. The van der Waals surface area contributed by atoms with Crippen LogP contribution in [0.2, 0.25) is 0 Å². The van der Waals surface area contributed by atoms with Crippen LogP contribution in [-0.4, -0.2) is 10.6 Å². The van der Waals surface area contributed by atoms with Gasteiger partial charge in [0.2, 0.25) is 0 Å². The molecule has 0 amide bonds. The summed E-state index contributed by atoms with van der Waals surface area (Å²) in [6, 6.07) is 0. The van der Waals surface area contributed by atoms with Crippen LogP contribution in [0.3, 0.4) is 0 Å². The summed E-state index contributed by atoms with van der Waals surface area (Å²) in [6.45, 7) is 3.69. The van der Waals surface area contributed by atoms with Crippen molar-refractivity contribution in [3.8, 4) is 0 Å². The Kier molecular flexibility index (Phi) is 16.0. The second-order valence-electron chi connectivity index (χ2n) is 1.65. The molecule has 0 bridgehead atoms. The maximum absolute atomic E-state index is 10.1. The molecule has 0 aromatic rings. The lowest BCUT2D eigenvalue weighted by molar-refractivity contribution is 0.490. The van der Waals surface area contributed by atoms with Crippen LogP contribution in [0.25, 0.3) is 0 Å². The fourth-order valence-electron chi connectivity index (χ4n) is 0.175. The summed E-state index contributed by atoms with van der Waals surface area (Å²) in [7, 11) is -2.21. The normalized spacial score (nSPS) is 14.6. The Balaban J connectivity index is -0.000000180. The van der Waals surface area contributed by atoms with E-state index in [2.05, 4.69) is 0 Å². The largest absolute Gasteiger partial charge is 0.346 e. The average molecular weight is 195 g/mol. The van der Waals surface area contributed by atoms with Crippen molar-refractivity contribution in [2.75, 3.05) is 0 Å². The monoisotopic (exact) mass is 194 g/mol. The zero-order valence-corrected chi connectivity index (χ0v) is 8.09. The Bertz CT molecular complexity index is 79.0. The van der Waals surface area contributed by atoms with Crippen molar-refractivity contribution in [1.82, 2.24) is 0 Å². The predicted molar refractivity (Wildman–Crippen MR) is 45.5 cm³/mol. The van der Waals surface area contributed by atoms with Crippen molar-refractivity contribution in [1.29, 1.82) is 0 Å². The van der Waals surface area contributed by atoms with Crippen LogP contribution in [-0.2, 0) is 4.57 Å². The van der Waals surface area contributed by atoms with Gasteiger partial charge >= 0.3 is 0 Å². The van der Waals surface area contributed by atoms with E-state index in [1.165, 1.54) is 0 Å². The standard InChI is InChI=1S/C4H11O2P.2ClH/c1-3-4(2)7(5)6;;/h4,7H,3H2,1-2H3,(H,5,6);2*1H. The van der Waals surface area contributed by atoms with Crippen LogP contribution in [0.4, 0.5) is 0 Å². The molecule has 0 spiro atoms. The SMILES string of the molecule is CCC(C)[PH](=O)O.Cl.Cl. The second kappa shape index (κ2) is 8.77. The van der Waals surface area contributed by atoms with E-state index in [0.29, 0.717) is 0 Å². The zero-order chi connectivity index (χ0) is 5.86. The average Bonchev–Trinajstić information content (AvgIpc) is 1.65. The lowest BCUT2D eigenvalue weighted by Gasteiger charge is -1.98. The molecule has 60 valence electrons. The molecule has 0 aromatic carbocycles. The summed E-state index contributed by atoms with van der Waals surface area (Å²) in [5.41, 5.74) is 0.00463. The molecule has 2 unspecified atom stereocenters. The van der Waals surface area contributed by atoms with Crippen LogP contribution >= 0.6 is 32.8 Å². The minimum atomic E-state index is -2.21. The first-order chi connectivity index (χ1) is 3.18.